The molecule has 2 rings (SSSR count). The summed E-state index contributed by atoms with van der Waals surface area (Å²) in [6.45, 7) is 4.06. The Balaban J connectivity index is 1.91. The summed E-state index contributed by atoms with van der Waals surface area (Å²) in [5, 5.41) is 3.27. The van der Waals surface area contributed by atoms with Crippen LogP contribution in [0.5, 0.6) is 0 Å². The maximum absolute atomic E-state index is 12.6. The summed E-state index contributed by atoms with van der Waals surface area (Å²) in [6.07, 6.45) is 7.50. The topological polar surface area (TPSA) is 64.4 Å². The molecule has 1 aliphatic heterocycles. The van der Waals surface area contributed by atoms with Gasteiger partial charge in [0.25, 0.3) is 0 Å². The minimum Gasteiger partial charge on any atom is -0.381 e. The van der Waals surface area contributed by atoms with Crippen molar-refractivity contribution in [3.05, 3.63) is 0 Å². The second-order valence-corrected chi connectivity index (χ2v) is 6.38. The molecule has 0 aromatic rings. The lowest BCUT2D eigenvalue weighted by Crippen LogP contribution is -2.51. The normalized spacial score (nSPS) is 31.5. The van der Waals surface area contributed by atoms with Crippen LogP contribution in [0.1, 0.15) is 51.9 Å². The molecule has 0 spiro atoms. The van der Waals surface area contributed by atoms with Crippen LogP contribution in [0.15, 0.2) is 0 Å². The summed E-state index contributed by atoms with van der Waals surface area (Å²) < 4.78 is 5.37. The molecule has 0 radical (unpaired) electrons. The van der Waals surface area contributed by atoms with Gasteiger partial charge in [-0.1, -0.05) is 19.8 Å². The molecule has 1 aliphatic carbocycles. The van der Waals surface area contributed by atoms with Gasteiger partial charge in [0.1, 0.15) is 0 Å². The van der Waals surface area contributed by atoms with Crippen LogP contribution in [0, 0.1) is 11.3 Å². The molecular weight excluding hydrogens is 240 g/mol. The van der Waals surface area contributed by atoms with E-state index in [2.05, 4.69) is 12.2 Å². The molecule has 1 saturated carbocycles. The lowest BCUT2D eigenvalue weighted by molar-refractivity contribution is -0.136. The monoisotopic (exact) mass is 268 g/mol. The average Bonchev–Trinajstić information content (AvgIpc) is 2.64. The molecule has 0 bridgehead atoms. The summed E-state index contributed by atoms with van der Waals surface area (Å²) in [7, 11) is 0. The highest BCUT2D eigenvalue weighted by Gasteiger charge is 2.39. The Morgan fingerprint density at radius 2 is 2.00 bits per heavy atom. The number of carbonyl (C=O) groups excluding carboxylic acids is 1. The van der Waals surface area contributed by atoms with E-state index < -0.39 is 0 Å². The summed E-state index contributed by atoms with van der Waals surface area (Å²) in [4.78, 5) is 12.6. The first-order valence-electron chi connectivity index (χ1n) is 7.75. The molecule has 2 aliphatic rings. The third-order valence-electron chi connectivity index (χ3n) is 4.91. The number of nitrogens with one attached hydrogen (secondary N) is 1. The van der Waals surface area contributed by atoms with Crippen molar-refractivity contribution >= 4 is 5.91 Å². The number of ether oxygens (including phenoxy) is 1. The highest BCUT2D eigenvalue weighted by atomic mass is 16.5. The SMILES string of the molecule is CC1CCCC(NC(=O)C2(CN)CCOCC2)CC1. The highest BCUT2D eigenvalue weighted by molar-refractivity contribution is 5.83. The number of hydrogen-bond acceptors (Lipinski definition) is 3. The van der Waals surface area contributed by atoms with Gasteiger partial charge < -0.3 is 15.8 Å². The van der Waals surface area contributed by atoms with Crippen molar-refractivity contribution in [2.75, 3.05) is 19.8 Å². The maximum atomic E-state index is 12.6. The standard InChI is InChI=1S/C15H28N2O2/c1-12-3-2-4-13(6-5-12)17-14(18)15(11-16)7-9-19-10-8-15/h12-13H,2-11,16H2,1H3,(H,17,18). The van der Waals surface area contributed by atoms with Gasteiger partial charge in [-0.3, -0.25) is 4.79 Å². The molecule has 3 N–H and O–H groups in total. The molecule has 1 heterocycles. The molecule has 2 unspecified atom stereocenters. The van der Waals surface area contributed by atoms with E-state index in [0.717, 1.165) is 31.6 Å². The highest BCUT2D eigenvalue weighted by Crippen LogP contribution is 2.30. The summed E-state index contributed by atoms with van der Waals surface area (Å²) in [5.41, 5.74) is 5.50. The van der Waals surface area contributed by atoms with Crippen LogP contribution in [-0.2, 0) is 9.53 Å². The minimum atomic E-state index is -0.379. The van der Waals surface area contributed by atoms with Crippen LogP contribution in [0.25, 0.3) is 0 Å². The molecule has 19 heavy (non-hydrogen) atoms. The molecule has 2 fully saturated rings. The van der Waals surface area contributed by atoms with Crippen LogP contribution in [-0.4, -0.2) is 31.7 Å². The lowest BCUT2D eigenvalue weighted by Gasteiger charge is -2.35. The Kier molecular flexibility index (Phi) is 5.22. The van der Waals surface area contributed by atoms with Crippen LogP contribution in [0.2, 0.25) is 0 Å². The van der Waals surface area contributed by atoms with Gasteiger partial charge in [-0.15, -0.1) is 0 Å². The molecule has 0 aromatic heterocycles. The fraction of sp³-hybridized carbons (Fsp3) is 0.933. The number of hydrogen-bond donors (Lipinski definition) is 2. The lowest BCUT2D eigenvalue weighted by atomic mass is 9.79. The number of amides is 1. The molecule has 1 saturated heterocycles. The Hall–Kier alpha value is -0.610. The Morgan fingerprint density at radius 3 is 2.68 bits per heavy atom. The van der Waals surface area contributed by atoms with Crippen molar-refractivity contribution in [2.24, 2.45) is 17.1 Å². The van der Waals surface area contributed by atoms with Crippen molar-refractivity contribution in [3.8, 4) is 0 Å². The fourth-order valence-corrected chi connectivity index (χ4v) is 3.26. The number of rotatable bonds is 3. The zero-order valence-corrected chi connectivity index (χ0v) is 12.1. The van der Waals surface area contributed by atoms with Crippen molar-refractivity contribution in [1.82, 2.24) is 5.32 Å². The van der Waals surface area contributed by atoms with E-state index in [0.29, 0.717) is 25.8 Å². The van der Waals surface area contributed by atoms with Crippen LogP contribution in [0.4, 0.5) is 0 Å². The molecule has 2 atom stereocenters. The number of nitrogens with two attached hydrogens (primary N) is 1. The molecule has 1 amide bonds. The quantitative estimate of drug-likeness (QED) is 0.768. The zero-order valence-electron chi connectivity index (χ0n) is 12.1. The minimum absolute atomic E-state index is 0.165. The van der Waals surface area contributed by atoms with Crippen molar-refractivity contribution in [2.45, 2.75) is 57.9 Å². The molecule has 0 aromatic carbocycles. The van der Waals surface area contributed by atoms with E-state index in [-0.39, 0.29) is 11.3 Å². The Labute approximate surface area is 116 Å². The molecular formula is C15H28N2O2. The van der Waals surface area contributed by atoms with Crippen LogP contribution < -0.4 is 11.1 Å². The van der Waals surface area contributed by atoms with E-state index in [1.165, 1.54) is 19.3 Å². The van der Waals surface area contributed by atoms with Gasteiger partial charge in [0.15, 0.2) is 0 Å². The maximum Gasteiger partial charge on any atom is 0.227 e. The first kappa shape index (κ1) is 14.8. The van der Waals surface area contributed by atoms with E-state index in [1.807, 2.05) is 0 Å². The van der Waals surface area contributed by atoms with Gasteiger partial charge >= 0.3 is 0 Å². The van der Waals surface area contributed by atoms with Crippen LogP contribution >= 0.6 is 0 Å². The van der Waals surface area contributed by atoms with E-state index in [1.54, 1.807) is 0 Å². The van der Waals surface area contributed by atoms with Gasteiger partial charge in [0.05, 0.1) is 5.41 Å². The van der Waals surface area contributed by atoms with Crippen molar-refractivity contribution < 1.29 is 9.53 Å². The number of carbonyl (C=O) groups is 1. The smallest absolute Gasteiger partial charge is 0.227 e. The first-order chi connectivity index (χ1) is 9.16. The Morgan fingerprint density at radius 1 is 1.26 bits per heavy atom. The van der Waals surface area contributed by atoms with Gasteiger partial charge in [0, 0.05) is 25.8 Å². The second kappa shape index (κ2) is 6.71. The Bertz CT molecular complexity index is 301. The summed E-state index contributed by atoms with van der Waals surface area (Å²) in [5.74, 6) is 0.964. The summed E-state index contributed by atoms with van der Waals surface area (Å²) in [6, 6.07) is 0.351. The third-order valence-corrected chi connectivity index (χ3v) is 4.91. The predicted molar refractivity (Wildman–Crippen MR) is 75.7 cm³/mol. The van der Waals surface area contributed by atoms with E-state index >= 15 is 0 Å². The molecule has 4 heteroatoms. The van der Waals surface area contributed by atoms with Gasteiger partial charge in [-0.2, -0.15) is 0 Å². The largest absolute Gasteiger partial charge is 0.381 e. The third kappa shape index (κ3) is 3.69. The fourth-order valence-electron chi connectivity index (χ4n) is 3.26. The molecule has 4 nitrogen and oxygen atoms in total. The zero-order chi connectivity index (χ0) is 13.7. The summed E-state index contributed by atoms with van der Waals surface area (Å²) >= 11 is 0. The van der Waals surface area contributed by atoms with Gasteiger partial charge in [-0.25, -0.2) is 0 Å². The van der Waals surface area contributed by atoms with Crippen LogP contribution in [0.3, 0.4) is 0 Å². The van der Waals surface area contributed by atoms with Crippen molar-refractivity contribution in [1.29, 1.82) is 0 Å². The first-order valence-corrected chi connectivity index (χ1v) is 7.75. The second-order valence-electron chi connectivity index (χ2n) is 6.38. The van der Waals surface area contributed by atoms with E-state index in [9.17, 15) is 4.79 Å². The molecule has 110 valence electrons. The van der Waals surface area contributed by atoms with Gasteiger partial charge in [-0.05, 0) is 38.0 Å². The predicted octanol–water partition coefficient (Wildman–Crippen LogP) is 1.83. The van der Waals surface area contributed by atoms with Crippen molar-refractivity contribution in [3.63, 3.8) is 0 Å². The van der Waals surface area contributed by atoms with Gasteiger partial charge in [0.2, 0.25) is 5.91 Å². The van der Waals surface area contributed by atoms with E-state index in [4.69, 9.17) is 10.5 Å². The average molecular weight is 268 g/mol.